The third kappa shape index (κ3) is 4.85. The van der Waals surface area contributed by atoms with Crippen molar-refractivity contribution in [2.45, 2.75) is 19.8 Å². The van der Waals surface area contributed by atoms with Gasteiger partial charge < -0.3 is 23.4 Å². The summed E-state index contributed by atoms with van der Waals surface area (Å²) in [6, 6.07) is 9.24. The number of esters is 2. The fraction of sp³-hybridized carbons (Fsp3) is 0.261. The van der Waals surface area contributed by atoms with Gasteiger partial charge in [-0.05, 0) is 48.7 Å². The van der Waals surface area contributed by atoms with Gasteiger partial charge in [-0.15, -0.1) is 0 Å². The summed E-state index contributed by atoms with van der Waals surface area (Å²) in [6.45, 7) is 1.78. The Hall–Kier alpha value is -3.81. The number of hydrogen-bond acceptors (Lipinski definition) is 8. The quantitative estimate of drug-likeness (QED) is 0.322. The first-order valence-electron chi connectivity index (χ1n) is 9.44. The molecule has 2 aromatic carbocycles. The van der Waals surface area contributed by atoms with Crippen LogP contribution < -0.4 is 19.8 Å². The van der Waals surface area contributed by atoms with Crippen molar-refractivity contribution in [1.82, 2.24) is 0 Å². The minimum atomic E-state index is -0.644. The second-order valence-corrected chi connectivity index (χ2v) is 6.74. The van der Waals surface area contributed by atoms with E-state index in [1.165, 1.54) is 39.5 Å². The predicted molar refractivity (Wildman–Crippen MR) is 112 cm³/mol. The van der Waals surface area contributed by atoms with Crippen molar-refractivity contribution in [3.63, 3.8) is 0 Å². The molecule has 0 fully saturated rings. The van der Waals surface area contributed by atoms with E-state index >= 15 is 0 Å². The highest BCUT2D eigenvalue weighted by Crippen LogP contribution is 2.31. The van der Waals surface area contributed by atoms with Crippen LogP contribution in [0.2, 0.25) is 0 Å². The highest BCUT2D eigenvalue weighted by molar-refractivity contribution is 5.93. The number of hydrogen-bond donors (Lipinski definition) is 0. The maximum Gasteiger partial charge on any atom is 0.343 e. The molecule has 1 heterocycles. The minimum absolute atomic E-state index is 0.0960. The number of rotatable bonds is 7. The Bertz CT molecular complexity index is 1190. The molecule has 0 saturated heterocycles. The van der Waals surface area contributed by atoms with Crippen molar-refractivity contribution < 1.29 is 33.0 Å². The topological polar surface area (TPSA) is 101 Å². The fourth-order valence-corrected chi connectivity index (χ4v) is 3.14. The molecule has 1 aromatic heterocycles. The van der Waals surface area contributed by atoms with Crippen LogP contribution >= 0.6 is 0 Å². The van der Waals surface area contributed by atoms with E-state index in [0.29, 0.717) is 28.0 Å². The Morgan fingerprint density at radius 3 is 2.35 bits per heavy atom. The average molecular weight is 426 g/mol. The first-order valence-corrected chi connectivity index (χ1v) is 9.44. The molecule has 0 saturated carbocycles. The second kappa shape index (κ2) is 9.34. The van der Waals surface area contributed by atoms with Crippen molar-refractivity contribution in [3.8, 4) is 17.2 Å². The number of benzene rings is 2. The summed E-state index contributed by atoms with van der Waals surface area (Å²) < 4.78 is 26.0. The Morgan fingerprint density at radius 1 is 0.935 bits per heavy atom. The summed E-state index contributed by atoms with van der Waals surface area (Å²) in [5.41, 5.74) is 1.32. The number of carbonyl (C=O) groups is 2. The van der Waals surface area contributed by atoms with Crippen LogP contribution in [0.4, 0.5) is 0 Å². The Morgan fingerprint density at radius 2 is 1.68 bits per heavy atom. The molecule has 0 N–H and O–H groups in total. The summed E-state index contributed by atoms with van der Waals surface area (Å²) in [5.74, 6) is -0.00286. The maximum absolute atomic E-state index is 12.8. The van der Waals surface area contributed by atoms with E-state index in [2.05, 4.69) is 0 Å². The molecule has 3 aromatic rings. The third-order valence-corrected chi connectivity index (χ3v) is 4.78. The summed E-state index contributed by atoms with van der Waals surface area (Å²) in [6.07, 6.45) is 0.370. The van der Waals surface area contributed by atoms with E-state index in [9.17, 15) is 14.4 Å². The van der Waals surface area contributed by atoms with Gasteiger partial charge in [0.05, 0.1) is 26.9 Å². The molecule has 0 atom stereocenters. The van der Waals surface area contributed by atoms with Crippen molar-refractivity contribution in [2.24, 2.45) is 0 Å². The number of ether oxygens (including phenoxy) is 4. The number of fused-ring (bicyclic) bond motifs is 1. The molecule has 0 radical (unpaired) electrons. The average Bonchev–Trinajstić information content (AvgIpc) is 2.76. The van der Waals surface area contributed by atoms with E-state index in [0.717, 1.165) is 0 Å². The number of carbonyl (C=O) groups excluding carboxylic acids is 2. The zero-order chi connectivity index (χ0) is 22.5. The molecule has 0 aliphatic rings. The van der Waals surface area contributed by atoms with Gasteiger partial charge in [0, 0.05) is 23.9 Å². The highest BCUT2D eigenvalue weighted by atomic mass is 16.5. The molecule has 0 aliphatic carbocycles. The van der Waals surface area contributed by atoms with Gasteiger partial charge in [-0.1, -0.05) is 0 Å². The molecule has 8 heteroatoms. The Labute approximate surface area is 178 Å². The lowest BCUT2D eigenvalue weighted by molar-refractivity contribution is -0.140. The normalized spacial score (nSPS) is 10.6. The zero-order valence-corrected chi connectivity index (χ0v) is 17.6. The molecule has 162 valence electrons. The van der Waals surface area contributed by atoms with Crippen molar-refractivity contribution in [3.05, 3.63) is 63.5 Å². The van der Waals surface area contributed by atoms with Crippen LogP contribution in [0.15, 0.2) is 45.6 Å². The Balaban J connectivity index is 2.01. The lowest BCUT2D eigenvalue weighted by Crippen LogP contribution is -2.11. The summed E-state index contributed by atoms with van der Waals surface area (Å²) in [4.78, 5) is 36.2. The molecule has 0 amide bonds. The molecule has 31 heavy (non-hydrogen) atoms. The molecular formula is C23H22O8. The first kappa shape index (κ1) is 21.9. The summed E-state index contributed by atoms with van der Waals surface area (Å²) >= 11 is 0. The van der Waals surface area contributed by atoms with E-state index < -0.39 is 17.6 Å². The lowest BCUT2D eigenvalue weighted by atomic mass is 10.0. The smallest absolute Gasteiger partial charge is 0.343 e. The predicted octanol–water partition coefficient (Wildman–Crippen LogP) is 3.44. The van der Waals surface area contributed by atoms with Crippen LogP contribution in [-0.2, 0) is 16.0 Å². The summed E-state index contributed by atoms with van der Waals surface area (Å²) in [5, 5.41) is 0.686. The van der Waals surface area contributed by atoms with Crippen LogP contribution in [0.5, 0.6) is 17.2 Å². The van der Waals surface area contributed by atoms with E-state index in [-0.39, 0.29) is 29.7 Å². The molecule has 0 spiro atoms. The number of methoxy groups -OCH3 is 3. The van der Waals surface area contributed by atoms with Gasteiger partial charge in [0.1, 0.15) is 11.3 Å². The Kier molecular flexibility index (Phi) is 6.59. The van der Waals surface area contributed by atoms with Crippen molar-refractivity contribution in [1.29, 1.82) is 0 Å². The largest absolute Gasteiger partial charge is 0.493 e. The van der Waals surface area contributed by atoms with Gasteiger partial charge in [0.2, 0.25) is 0 Å². The first-order chi connectivity index (χ1) is 14.9. The molecule has 0 unspecified atom stereocenters. The van der Waals surface area contributed by atoms with Gasteiger partial charge in [-0.2, -0.15) is 0 Å². The van der Waals surface area contributed by atoms with Crippen LogP contribution in [0.3, 0.4) is 0 Å². The zero-order valence-electron chi connectivity index (χ0n) is 17.6. The molecule has 0 bridgehead atoms. The lowest BCUT2D eigenvalue weighted by Gasteiger charge is -2.13. The van der Waals surface area contributed by atoms with E-state index in [1.54, 1.807) is 25.1 Å². The van der Waals surface area contributed by atoms with Crippen LogP contribution in [0.25, 0.3) is 11.0 Å². The summed E-state index contributed by atoms with van der Waals surface area (Å²) in [7, 11) is 4.26. The van der Waals surface area contributed by atoms with Crippen LogP contribution in [0, 0.1) is 6.92 Å². The minimum Gasteiger partial charge on any atom is -0.493 e. The van der Waals surface area contributed by atoms with Crippen molar-refractivity contribution in [2.75, 3.05) is 21.3 Å². The third-order valence-electron chi connectivity index (χ3n) is 4.78. The number of aryl methyl sites for hydroxylation is 2. The second-order valence-electron chi connectivity index (χ2n) is 6.74. The molecule has 0 aliphatic heterocycles. The van der Waals surface area contributed by atoms with Gasteiger partial charge in [-0.25, -0.2) is 9.59 Å². The maximum atomic E-state index is 12.8. The van der Waals surface area contributed by atoms with Crippen molar-refractivity contribution >= 4 is 22.9 Å². The standard InChI is InChI=1S/C23H22O8/c1-13-9-22(25)30-19-12-18(14(10-16(13)19)6-8-21(24)29-4)31-23(26)15-5-7-17(27-2)20(11-15)28-3/h5,7,9-12H,6,8H2,1-4H3. The van der Waals surface area contributed by atoms with Gasteiger partial charge in [0.15, 0.2) is 11.5 Å². The van der Waals surface area contributed by atoms with Gasteiger partial charge in [-0.3, -0.25) is 4.79 Å². The van der Waals surface area contributed by atoms with Gasteiger partial charge >= 0.3 is 17.6 Å². The molecular weight excluding hydrogens is 404 g/mol. The SMILES string of the molecule is COC(=O)CCc1cc2c(C)cc(=O)oc2cc1OC(=O)c1ccc(OC)c(OC)c1. The van der Waals surface area contributed by atoms with E-state index in [1.807, 2.05) is 0 Å². The molecule has 3 rings (SSSR count). The van der Waals surface area contributed by atoms with E-state index in [4.69, 9.17) is 23.4 Å². The van der Waals surface area contributed by atoms with Gasteiger partial charge in [0.25, 0.3) is 0 Å². The molecule has 8 nitrogen and oxygen atoms in total. The van der Waals surface area contributed by atoms with Crippen LogP contribution in [0.1, 0.15) is 27.9 Å². The highest BCUT2D eigenvalue weighted by Gasteiger charge is 2.18. The van der Waals surface area contributed by atoms with Crippen LogP contribution in [-0.4, -0.2) is 33.3 Å². The fourth-order valence-electron chi connectivity index (χ4n) is 3.14. The monoisotopic (exact) mass is 426 g/mol.